The third-order valence-electron chi connectivity index (χ3n) is 3.21. The normalized spacial score (nSPS) is 25.4. The summed E-state index contributed by atoms with van der Waals surface area (Å²) in [4.78, 5) is 4.34. The number of rotatable bonds is 4. The molecular formula is C12H22N4O. The summed E-state index contributed by atoms with van der Waals surface area (Å²) in [6, 6.07) is 0.230. The fraction of sp³-hybridized carbons (Fsp3) is 0.833. The van der Waals surface area contributed by atoms with Crippen molar-refractivity contribution < 1.29 is 4.74 Å². The highest BCUT2D eigenvalue weighted by Gasteiger charge is 2.24. The van der Waals surface area contributed by atoms with Gasteiger partial charge in [-0.05, 0) is 12.3 Å². The molecule has 2 rings (SSSR count). The number of nitrogens with zero attached hydrogens (tertiary/aromatic N) is 3. The van der Waals surface area contributed by atoms with Gasteiger partial charge in [-0.15, -0.1) is 0 Å². The van der Waals surface area contributed by atoms with Crippen molar-refractivity contribution in [3.63, 3.8) is 0 Å². The van der Waals surface area contributed by atoms with E-state index >= 15 is 0 Å². The van der Waals surface area contributed by atoms with Crippen LogP contribution in [0, 0.1) is 11.8 Å². The van der Waals surface area contributed by atoms with Crippen LogP contribution in [0.1, 0.15) is 26.1 Å². The molecule has 1 saturated heterocycles. The molecule has 0 radical (unpaired) electrons. The predicted molar refractivity (Wildman–Crippen MR) is 65.5 cm³/mol. The van der Waals surface area contributed by atoms with Crippen LogP contribution in [0.25, 0.3) is 0 Å². The van der Waals surface area contributed by atoms with Crippen LogP contribution in [0.2, 0.25) is 0 Å². The number of nitrogens with two attached hydrogens (primary N) is 1. The molecule has 2 atom stereocenters. The van der Waals surface area contributed by atoms with E-state index in [1.165, 1.54) is 0 Å². The Morgan fingerprint density at radius 2 is 2.41 bits per heavy atom. The number of ether oxygens (including phenoxy) is 1. The highest BCUT2D eigenvalue weighted by atomic mass is 16.5. The summed E-state index contributed by atoms with van der Waals surface area (Å²) >= 11 is 0. The van der Waals surface area contributed by atoms with Crippen molar-refractivity contribution in [2.45, 2.75) is 39.3 Å². The Bertz CT molecular complexity index is 350. The Hall–Kier alpha value is -0.940. The minimum Gasteiger partial charge on any atom is -0.381 e. The molecule has 1 aromatic rings. The first-order valence-electron chi connectivity index (χ1n) is 6.37. The molecule has 1 aliphatic rings. The lowest BCUT2D eigenvalue weighted by molar-refractivity contribution is 0.0410. The molecule has 0 aromatic carbocycles. The summed E-state index contributed by atoms with van der Waals surface area (Å²) in [5.74, 6) is 1.98. The molecular weight excluding hydrogens is 216 g/mol. The molecule has 2 unspecified atom stereocenters. The largest absolute Gasteiger partial charge is 0.381 e. The molecule has 5 nitrogen and oxygen atoms in total. The fourth-order valence-electron chi connectivity index (χ4n) is 2.20. The molecule has 2 N–H and O–H groups in total. The number of aromatic nitrogens is 3. The molecule has 0 aliphatic carbocycles. The fourth-order valence-corrected chi connectivity index (χ4v) is 2.20. The smallest absolute Gasteiger partial charge is 0.138 e. The maximum atomic E-state index is 6.11. The average molecular weight is 238 g/mol. The molecule has 5 heteroatoms. The van der Waals surface area contributed by atoms with E-state index in [1.807, 2.05) is 4.68 Å². The zero-order chi connectivity index (χ0) is 12.3. The Kier molecular flexibility index (Phi) is 4.12. The van der Waals surface area contributed by atoms with Crippen molar-refractivity contribution in [1.82, 2.24) is 14.8 Å². The van der Waals surface area contributed by atoms with Crippen LogP contribution < -0.4 is 5.73 Å². The van der Waals surface area contributed by atoms with Crippen molar-refractivity contribution in [1.29, 1.82) is 0 Å². The van der Waals surface area contributed by atoms with Crippen LogP contribution in [-0.4, -0.2) is 34.0 Å². The van der Waals surface area contributed by atoms with E-state index in [0.717, 1.165) is 38.4 Å². The molecule has 0 saturated carbocycles. The van der Waals surface area contributed by atoms with Gasteiger partial charge in [-0.2, -0.15) is 5.10 Å². The van der Waals surface area contributed by atoms with Gasteiger partial charge in [-0.1, -0.05) is 13.8 Å². The quantitative estimate of drug-likeness (QED) is 0.844. The summed E-state index contributed by atoms with van der Waals surface area (Å²) in [5.41, 5.74) is 6.11. The molecule has 0 amide bonds. The van der Waals surface area contributed by atoms with Crippen LogP contribution in [0.15, 0.2) is 6.33 Å². The lowest BCUT2D eigenvalue weighted by atomic mass is 9.93. The van der Waals surface area contributed by atoms with Gasteiger partial charge in [0.05, 0.1) is 6.61 Å². The maximum absolute atomic E-state index is 6.11. The average Bonchev–Trinajstić information content (AvgIpc) is 2.68. The molecule has 0 spiro atoms. The van der Waals surface area contributed by atoms with Crippen molar-refractivity contribution in [3.05, 3.63) is 12.2 Å². The number of hydrogen-bond acceptors (Lipinski definition) is 4. The summed E-state index contributed by atoms with van der Waals surface area (Å²) < 4.78 is 7.48. The Morgan fingerprint density at radius 1 is 1.59 bits per heavy atom. The maximum Gasteiger partial charge on any atom is 0.138 e. The minimum absolute atomic E-state index is 0.230. The second-order valence-corrected chi connectivity index (χ2v) is 5.24. The van der Waals surface area contributed by atoms with Gasteiger partial charge in [0.1, 0.15) is 12.2 Å². The van der Waals surface area contributed by atoms with Crippen LogP contribution in [0.5, 0.6) is 0 Å². The molecule has 1 aromatic heterocycles. The van der Waals surface area contributed by atoms with E-state index in [2.05, 4.69) is 23.9 Å². The Balaban J connectivity index is 1.99. The van der Waals surface area contributed by atoms with E-state index in [9.17, 15) is 0 Å². The van der Waals surface area contributed by atoms with Crippen LogP contribution >= 0.6 is 0 Å². The van der Waals surface area contributed by atoms with Crippen molar-refractivity contribution >= 4 is 0 Å². The van der Waals surface area contributed by atoms with Crippen molar-refractivity contribution in [2.24, 2.45) is 17.6 Å². The lowest BCUT2D eigenvalue weighted by Gasteiger charge is -2.28. The zero-order valence-electron chi connectivity index (χ0n) is 10.7. The lowest BCUT2D eigenvalue weighted by Crippen LogP contribution is -2.40. The van der Waals surface area contributed by atoms with Gasteiger partial charge in [0.15, 0.2) is 0 Å². The minimum atomic E-state index is 0.230. The van der Waals surface area contributed by atoms with Gasteiger partial charge in [0.2, 0.25) is 0 Å². The molecule has 96 valence electrons. The second kappa shape index (κ2) is 5.60. The Labute approximate surface area is 102 Å². The summed E-state index contributed by atoms with van der Waals surface area (Å²) in [6.45, 7) is 6.81. The van der Waals surface area contributed by atoms with Crippen LogP contribution in [-0.2, 0) is 17.7 Å². The third kappa shape index (κ3) is 3.26. The molecule has 1 fully saturated rings. The molecule has 1 aliphatic heterocycles. The first kappa shape index (κ1) is 12.5. The standard InChI is InChI=1S/C12H22N4O/c1-9(2)6-16-12(14-8-15-16)5-10-7-17-4-3-11(10)13/h8-11H,3-7,13H2,1-2H3. The summed E-state index contributed by atoms with van der Waals surface area (Å²) in [7, 11) is 0. The SMILES string of the molecule is CC(C)Cn1ncnc1CC1COCCC1N. The molecule has 2 heterocycles. The van der Waals surface area contributed by atoms with Crippen molar-refractivity contribution in [3.8, 4) is 0 Å². The van der Waals surface area contributed by atoms with Gasteiger partial charge < -0.3 is 10.5 Å². The highest BCUT2D eigenvalue weighted by Crippen LogP contribution is 2.17. The van der Waals surface area contributed by atoms with Gasteiger partial charge in [-0.25, -0.2) is 9.67 Å². The zero-order valence-corrected chi connectivity index (χ0v) is 10.7. The van der Waals surface area contributed by atoms with Gasteiger partial charge >= 0.3 is 0 Å². The van der Waals surface area contributed by atoms with E-state index in [4.69, 9.17) is 10.5 Å². The highest BCUT2D eigenvalue weighted by molar-refractivity contribution is 4.91. The van der Waals surface area contributed by atoms with Gasteiger partial charge in [-0.3, -0.25) is 0 Å². The first-order valence-corrected chi connectivity index (χ1v) is 6.37. The third-order valence-corrected chi connectivity index (χ3v) is 3.21. The van der Waals surface area contributed by atoms with E-state index < -0.39 is 0 Å². The number of hydrogen-bond donors (Lipinski definition) is 1. The van der Waals surface area contributed by atoms with Gasteiger partial charge in [0.25, 0.3) is 0 Å². The second-order valence-electron chi connectivity index (χ2n) is 5.24. The predicted octanol–water partition coefficient (Wildman–Crippen LogP) is 0.840. The van der Waals surface area contributed by atoms with E-state index in [0.29, 0.717) is 11.8 Å². The van der Waals surface area contributed by atoms with Crippen LogP contribution in [0.3, 0.4) is 0 Å². The summed E-state index contributed by atoms with van der Waals surface area (Å²) in [6.07, 6.45) is 3.45. The monoisotopic (exact) mass is 238 g/mol. The van der Waals surface area contributed by atoms with E-state index in [1.54, 1.807) is 6.33 Å². The first-order chi connectivity index (χ1) is 8.16. The molecule has 17 heavy (non-hydrogen) atoms. The van der Waals surface area contributed by atoms with Crippen molar-refractivity contribution in [2.75, 3.05) is 13.2 Å². The Morgan fingerprint density at radius 3 is 3.12 bits per heavy atom. The van der Waals surface area contributed by atoms with Gasteiger partial charge in [0, 0.05) is 31.5 Å². The van der Waals surface area contributed by atoms with E-state index in [-0.39, 0.29) is 6.04 Å². The molecule has 0 bridgehead atoms. The summed E-state index contributed by atoms with van der Waals surface area (Å²) in [5, 5.41) is 4.27. The topological polar surface area (TPSA) is 66.0 Å². The van der Waals surface area contributed by atoms with Crippen LogP contribution in [0.4, 0.5) is 0 Å².